The highest BCUT2D eigenvalue weighted by Crippen LogP contribution is 2.35. The molecule has 0 saturated heterocycles. The first-order valence-corrected chi connectivity index (χ1v) is 9.82. The minimum Gasteiger partial charge on any atom is -0.383 e. The normalized spacial score (nSPS) is 12.1. The zero-order valence-electron chi connectivity index (χ0n) is 15.8. The van der Waals surface area contributed by atoms with Crippen LogP contribution in [0.2, 0.25) is 0 Å². The van der Waals surface area contributed by atoms with Gasteiger partial charge in [0, 0.05) is 37.5 Å². The molecule has 2 aromatic carbocycles. The highest BCUT2D eigenvalue weighted by Gasteiger charge is 2.18. The molecular weight excluding hydrogens is 376 g/mol. The number of nitro groups is 1. The summed E-state index contributed by atoms with van der Waals surface area (Å²) in [7, 11) is 1.67. The second-order valence-corrected chi connectivity index (χ2v) is 7.63. The van der Waals surface area contributed by atoms with Crippen LogP contribution >= 0.6 is 11.8 Å². The van der Waals surface area contributed by atoms with Crippen molar-refractivity contribution in [3.8, 4) is 0 Å². The van der Waals surface area contributed by atoms with Crippen LogP contribution in [-0.4, -0.2) is 33.4 Å². The molecule has 0 radical (unpaired) electrons. The van der Waals surface area contributed by atoms with E-state index in [1.807, 2.05) is 31.2 Å². The number of nitro benzene ring substituents is 1. The average molecular weight is 398 g/mol. The van der Waals surface area contributed by atoms with Gasteiger partial charge in [-0.3, -0.25) is 10.1 Å². The molecule has 0 aliphatic rings. The van der Waals surface area contributed by atoms with Crippen molar-refractivity contribution in [3.63, 3.8) is 0 Å². The van der Waals surface area contributed by atoms with Crippen LogP contribution in [0.5, 0.6) is 0 Å². The van der Waals surface area contributed by atoms with E-state index in [1.165, 1.54) is 17.8 Å². The van der Waals surface area contributed by atoms with Gasteiger partial charge in [-0.05, 0) is 18.1 Å². The number of benzene rings is 2. The smallest absolute Gasteiger partial charge is 0.269 e. The highest BCUT2D eigenvalue weighted by atomic mass is 32.2. The molecule has 0 amide bonds. The first-order chi connectivity index (χ1) is 13.6. The van der Waals surface area contributed by atoms with Crippen molar-refractivity contribution in [2.75, 3.05) is 13.7 Å². The molecule has 1 atom stereocenters. The van der Waals surface area contributed by atoms with Gasteiger partial charge in [-0.2, -0.15) is 0 Å². The molecule has 0 spiro atoms. The third-order valence-corrected chi connectivity index (χ3v) is 5.49. The minimum atomic E-state index is -0.375. The summed E-state index contributed by atoms with van der Waals surface area (Å²) in [6.45, 7) is 3.21. The lowest BCUT2D eigenvalue weighted by Crippen LogP contribution is -2.10. The number of thioether (sulfide) groups is 1. The summed E-state index contributed by atoms with van der Waals surface area (Å²) >= 11 is 1.54. The molecule has 0 aliphatic heterocycles. The number of rotatable bonds is 9. The van der Waals surface area contributed by atoms with Crippen molar-refractivity contribution in [2.24, 2.45) is 0 Å². The van der Waals surface area contributed by atoms with E-state index in [-0.39, 0.29) is 15.9 Å². The Morgan fingerprint density at radius 1 is 1.18 bits per heavy atom. The molecule has 0 saturated carbocycles. The van der Waals surface area contributed by atoms with Gasteiger partial charge in [0.1, 0.15) is 5.82 Å². The fraction of sp³-hybridized carbons (Fsp3) is 0.300. The first-order valence-electron chi connectivity index (χ1n) is 8.94. The van der Waals surface area contributed by atoms with E-state index < -0.39 is 0 Å². The molecule has 0 unspecified atom stereocenters. The zero-order valence-corrected chi connectivity index (χ0v) is 16.6. The molecule has 8 heteroatoms. The number of aromatic nitrogens is 3. The molecule has 3 rings (SSSR count). The maximum Gasteiger partial charge on any atom is 0.269 e. The van der Waals surface area contributed by atoms with E-state index in [2.05, 4.69) is 26.9 Å². The van der Waals surface area contributed by atoms with E-state index in [0.717, 1.165) is 22.1 Å². The fourth-order valence-electron chi connectivity index (χ4n) is 2.84. The van der Waals surface area contributed by atoms with Crippen LogP contribution in [0.15, 0.2) is 59.8 Å². The van der Waals surface area contributed by atoms with E-state index in [9.17, 15) is 10.1 Å². The molecule has 7 nitrogen and oxygen atoms in total. The number of ether oxygens (including phenoxy) is 1. The molecule has 0 N–H and O–H groups in total. The van der Waals surface area contributed by atoms with Gasteiger partial charge in [-0.15, -0.1) is 10.2 Å². The molecule has 1 heterocycles. The zero-order chi connectivity index (χ0) is 19.9. The lowest BCUT2D eigenvalue weighted by Gasteiger charge is -2.13. The number of hydrogen-bond acceptors (Lipinski definition) is 6. The Morgan fingerprint density at radius 2 is 1.96 bits per heavy atom. The molecule has 1 aromatic heterocycles. The molecular formula is C20H22N4O3S. The van der Waals surface area contributed by atoms with E-state index in [1.54, 1.807) is 19.2 Å². The van der Waals surface area contributed by atoms with E-state index in [4.69, 9.17) is 4.74 Å². The van der Waals surface area contributed by atoms with Crippen molar-refractivity contribution >= 4 is 17.4 Å². The largest absolute Gasteiger partial charge is 0.383 e. The van der Waals surface area contributed by atoms with E-state index in [0.29, 0.717) is 19.6 Å². The molecule has 0 fully saturated rings. The predicted molar refractivity (Wildman–Crippen MR) is 109 cm³/mol. The fourth-order valence-corrected chi connectivity index (χ4v) is 3.85. The molecule has 0 bridgehead atoms. The Balaban J connectivity index is 1.82. The van der Waals surface area contributed by atoms with Crippen LogP contribution in [0.3, 0.4) is 0 Å². The topological polar surface area (TPSA) is 83.1 Å². The number of hydrogen-bond donors (Lipinski definition) is 0. The van der Waals surface area contributed by atoms with Gasteiger partial charge in [-0.1, -0.05) is 54.2 Å². The molecule has 3 aromatic rings. The van der Waals surface area contributed by atoms with Gasteiger partial charge < -0.3 is 9.30 Å². The predicted octanol–water partition coefficient (Wildman–Crippen LogP) is 4.28. The van der Waals surface area contributed by atoms with Gasteiger partial charge >= 0.3 is 0 Å². The number of nitrogens with zero attached hydrogens (tertiary/aromatic N) is 4. The third-order valence-electron chi connectivity index (χ3n) is 4.35. The van der Waals surface area contributed by atoms with Crippen LogP contribution in [0.25, 0.3) is 0 Å². The summed E-state index contributed by atoms with van der Waals surface area (Å²) in [4.78, 5) is 10.7. The standard InChI is InChI=1S/C20H22N4O3S/c1-15(17-9-6-10-18(14-17)24(25)26)28-20-22-21-19(23(20)11-12-27-2)13-16-7-4-3-5-8-16/h3-10,14-15H,11-13H2,1-2H3/t15-/m0/s1. The third kappa shape index (κ3) is 4.96. The second-order valence-electron chi connectivity index (χ2n) is 6.32. The average Bonchev–Trinajstić information content (AvgIpc) is 3.08. The van der Waals surface area contributed by atoms with Gasteiger partial charge in [0.15, 0.2) is 5.16 Å². The van der Waals surface area contributed by atoms with Crippen LogP contribution < -0.4 is 0 Å². The lowest BCUT2D eigenvalue weighted by molar-refractivity contribution is -0.384. The molecule has 0 aliphatic carbocycles. The maximum atomic E-state index is 11.0. The molecule has 146 valence electrons. The van der Waals surface area contributed by atoms with Crippen molar-refractivity contribution in [2.45, 2.75) is 30.3 Å². The number of non-ortho nitro benzene ring substituents is 1. The summed E-state index contributed by atoms with van der Waals surface area (Å²) in [6.07, 6.45) is 0.684. The Hall–Kier alpha value is -2.71. The maximum absolute atomic E-state index is 11.0. The van der Waals surface area contributed by atoms with Crippen LogP contribution in [0.4, 0.5) is 5.69 Å². The Kier molecular flexibility index (Phi) is 6.78. The van der Waals surface area contributed by atoms with Crippen molar-refractivity contribution < 1.29 is 9.66 Å². The summed E-state index contributed by atoms with van der Waals surface area (Å²) in [6, 6.07) is 16.8. The molecule has 28 heavy (non-hydrogen) atoms. The summed E-state index contributed by atoms with van der Waals surface area (Å²) in [5.41, 5.74) is 2.14. The lowest BCUT2D eigenvalue weighted by atomic mass is 10.1. The summed E-state index contributed by atoms with van der Waals surface area (Å²) in [5.74, 6) is 0.872. The monoisotopic (exact) mass is 398 g/mol. The van der Waals surface area contributed by atoms with Crippen molar-refractivity contribution in [3.05, 3.63) is 81.7 Å². The highest BCUT2D eigenvalue weighted by molar-refractivity contribution is 7.99. The quantitative estimate of drug-likeness (QED) is 0.304. The van der Waals surface area contributed by atoms with Crippen LogP contribution in [-0.2, 0) is 17.7 Å². The Morgan fingerprint density at radius 3 is 2.68 bits per heavy atom. The van der Waals surface area contributed by atoms with Crippen molar-refractivity contribution in [1.29, 1.82) is 0 Å². The first kappa shape index (κ1) is 20.0. The minimum absolute atomic E-state index is 0.00466. The second kappa shape index (κ2) is 9.48. The van der Waals surface area contributed by atoms with Crippen LogP contribution in [0, 0.1) is 10.1 Å². The summed E-state index contributed by atoms with van der Waals surface area (Å²) in [5, 5.41) is 20.6. The van der Waals surface area contributed by atoms with Crippen LogP contribution in [0.1, 0.15) is 29.1 Å². The van der Waals surface area contributed by atoms with E-state index >= 15 is 0 Å². The Bertz CT molecular complexity index is 930. The Labute approximate surface area is 167 Å². The van der Waals surface area contributed by atoms with Gasteiger partial charge in [0.2, 0.25) is 0 Å². The van der Waals surface area contributed by atoms with Crippen molar-refractivity contribution in [1.82, 2.24) is 14.8 Å². The number of methoxy groups -OCH3 is 1. The summed E-state index contributed by atoms with van der Waals surface area (Å²) < 4.78 is 7.31. The van der Waals surface area contributed by atoms with Gasteiger partial charge in [-0.25, -0.2) is 0 Å². The van der Waals surface area contributed by atoms with Gasteiger partial charge in [0.05, 0.1) is 11.5 Å². The SMILES string of the molecule is COCCn1c(Cc2ccccc2)nnc1S[C@@H](C)c1cccc([N+](=O)[O-])c1. The van der Waals surface area contributed by atoms with Gasteiger partial charge in [0.25, 0.3) is 5.69 Å².